The largest absolute Gasteiger partial charge is 0.349 e. The first-order chi connectivity index (χ1) is 9.63. The fourth-order valence-corrected chi connectivity index (χ4v) is 2.62. The number of aromatic nitrogens is 3. The van der Waals surface area contributed by atoms with Crippen LogP contribution >= 0.6 is 11.3 Å². The third kappa shape index (κ3) is 3.34. The molecule has 2 aromatic rings. The van der Waals surface area contributed by atoms with Crippen molar-refractivity contribution >= 4 is 29.2 Å². The lowest BCUT2D eigenvalue weighted by Gasteiger charge is -2.13. The van der Waals surface area contributed by atoms with E-state index in [0.717, 1.165) is 6.42 Å². The number of hydrazine groups is 1. The normalized spacial score (nSPS) is 10.4. The Labute approximate surface area is 122 Å². The predicted octanol–water partition coefficient (Wildman–Crippen LogP) is 1.46. The minimum atomic E-state index is 0.341. The molecule has 0 atom stereocenters. The number of nitrogen functional groups attached to an aromatic ring is 1. The minimum absolute atomic E-state index is 0.341. The van der Waals surface area contributed by atoms with E-state index < -0.39 is 0 Å². The van der Waals surface area contributed by atoms with Crippen molar-refractivity contribution in [2.24, 2.45) is 5.84 Å². The van der Waals surface area contributed by atoms with Gasteiger partial charge in [-0.2, -0.15) is 15.0 Å². The summed E-state index contributed by atoms with van der Waals surface area (Å²) in [6.45, 7) is 2.84. The number of nitrogens with zero attached hydrogens (tertiary/aromatic N) is 4. The minimum Gasteiger partial charge on any atom is -0.349 e. The average molecular weight is 293 g/mol. The number of nitrogens with two attached hydrogens (primary N) is 1. The Balaban J connectivity index is 2.14. The Morgan fingerprint density at radius 2 is 2.00 bits per heavy atom. The van der Waals surface area contributed by atoms with Crippen molar-refractivity contribution in [1.82, 2.24) is 15.0 Å². The fraction of sp³-hybridized carbons (Fsp3) is 0.417. The summed E-state index contributed by atoms with van der Waals surface area (Å²) in [6.07, 6.45) is 1.02. The molecule has 0 aliphatic carbocycles. The highest BCUT2D eigenvalue weighted by molar-refractivity contribution is 7.10. The third-order valence-electron chi connectivity index (χ3n) is 2.78. The summed E-state index contributed by atoms with van der Waals surface area (Å²) in [5.41, 5.74) is 3.80. The second-order valence-electron chi connectivity index (χ2n) is 4.40. The van der Waals surface area contributed by atoms with Gasteiger partial charge in [-0.3, -0.25) is 5.43 Å². The van der Waals surface area contributed by atoms with Gasteiger partial charge in [0.2, 0.25) is 17.8 Å². The zero-order valence-corrected chi connectivity index (χ0v) is 12.7. The highest BCUT2D eigenvalue weighted by atomic mass is 32.1. The summed E-state index contributed by atoms with van der Waals surface area (Å²) >= 11 is 1.73. The van der Waals surface area contributed by atoms with E-state index in [4.69, 9.17) is 5.84 Å². The van der Waals surface area contributed by atoms with Crippen LogP contribution in [0.25, 0.3) is 0 Å². The van der Waals surface area contributed by atoms with Crippen LogP contribution in [-0.4, -0.2) is 29.0 Å². The summed E-state index contributed by atoms with van der Waals surface area (Å²) in [5, 5.41) is 5.32. The van der Waals surface area contributed by atoms with E-state index >= 15 is 0 Å². The van der Waals surface area contributed by atoms with Gasteiger partial charge in [0, 0.05) is 19.0 Å². The molecule has 0 saturated carbocycles. The summed E-state index contributed by atoms with van der Waals surface area (Å²) in [7, 11) is 3.74. The molecule has 2 heterocycles. The lowest BCUT2D eigenvalue weighted by Crippen LogP contribution is -2.19. The average Bonchev–Trinajstić information content (AvgIpc) is 2.92. The van der Waals surface area contributed by atoms with Gasteiger partial charge in [-0.15, -0.1) is 11.3 Å². The molecule has 0 unspecified atom stereocenters. The molecular formula is C12H19N7S. The smallest absolute Gasteiger partial charge is 0.243 e. The molecule has 20 heavy (non-hydrogen) atoms. The first kappa shape index (κ1) is 14.5. The van der Waals surface area contributed by atoms with Gasteiger partial charge < -0.3 is 10.2 Å². The van der Waals surface area contributed by atoms with Crippen molar-refractivity contribution in [2.45, 2.75) is 19.9 Å². The monoisotopic (exact) mass is 293 g/mol. The quantitative estimate of drug-likeness (QED) is 0.548. The number of hydrogen-bond acceptors (Lipinski definition) is 8. The van der Waals surface area contributed by atoms with Crippen molar-refractivity contribution in [1.29, 1.82) is 0 Å². The zero-order valence-electron chi connectivity index (χ0n) is 11.8. The Morgan fingerprint density at radius 3 is 2.65 bits per heavy atom. The molecule has 2 rings (SSSR count). The zero-order chi connectivity index (χ0) is 14.5. The van der Waals surface area contributed by atoms with Gasteiger partial charge >= 0.3 is 0 Å². The second kappa shape index (κ2) is 6.49. The SMILES string of the molecule is CCc1ccsc1CNc1nc(NN)nc(N(C)C)n1. The van der Waals surface area contributed by atoms with Crippen LogP contribution in [0.1, 0.15) is 17.4 Å². The van der Waals surface area contributed by atoms with E-state index in [1.165, 1.54) is 10.4 Å². The van der Waals surface area contributed by atoms with Gasteiger partial charge in [0.05, 0.1) is 6.54 Å². The number of anilines is 3. The van der Waals surface area contributed by atoms with Crippen LogP contribution in [0, 0.1) is 0 Å². The maximum Gasteiger partial charge on any atom is 0.243 e. The van der Waals surface area contributed by atoms with Gasteiger partial charge in [-0.25, -0.2) is 5.84 Å². The summed E-state index contributed by atoms with van der Waals surface area (Å²) in [6, 6.07) is 2.15. The molecular weight excluding hydrogens is 274 g/mol. The van der Waals surface area contributed by atoms with Crippen LogP contribution in [-0.2, 0) is 13.0 Å². The van der Waals surface area contributed by atoms with Crippen molar-refractivity contribution in [3.8, 4) is 0 Å². The van der Waals surface area contributed by atoms with Crippen molar-refractivity contribution in [3.05, 3.63) is 21.9 Å². The van der Waals surface area contributed by atoms with Crippen molar-refractivity contribution in [2.75, 3.05) is 29.7 Å². The highest BCUT2D eigenvalue weighted by Crippen LogP contribution is 2.19. The third-order valence-corrected chi connectivity index (χ3v) is 3.74. The second-order valence-corrected chi connectivity index (χ2v) is 5.40. The Kier molecular flexibility index (Phi) is 4.70. The van der Waals surface area contributed by atoms with Crippen LogP contribution in [0.3, 0.4) is 0 Å². The van der Waals surface area contributed by atoms with Crippen molar-refractivity contribution < 1.29 is 0 Å². The van der Waals surface area contributed by atoms with E-state index in [2.05, 4.69) is 44.1 Å². The van der Waals surface area contributed by atoms with Crippen molar-refractivity contribution in [3.63, 3.8) is 0 Å². The van der Waals surface area contributed by atoms with Gasteiger partial charge in [0.25, 0.3) is 0 Å². The number of rotatable bonds is 6. The maximum absolute atomic E-state index is 5.38. The first-order valence-corrected chi connectivity index (χ1v) is 7.21. The van der Waals surface area contributed by atoms with Crippen LogP contribution in [0.5, 0.6) is 0 Å². The molecule has 0 fully saturated rings. The van der Waals surface area contributed by atoms with Crippen LogP contribution in [0.2, 0.25) is 0 Å². The molecule has 2 aromatic heterocycles. The Hall–Kier alpha value is -1.93. The van der Waals surface area contributed by atoms with Gasteiger partial charge in [-0.1, -0.05) is 6.92 Å². The molecule has 7 nitrogen and oxygen atoms in total. The van der Waals surface area contributed by atoms with E-state index in [-0.39, 0.29) is 0 Å². The molecule has 4 N–H and O–H groups in total. The topological polar surface area (TPSA) is 92.0 Å². The van der Waals surface area contributed by atoms with Gasteiger partial charge in [0.1, 0.15) is 0 Å². The van der Waals surface area contributed by atoms with E-state index in [1.54, 1.807) is 16.2 Å². The molecule has 0 aliphatic heterocycles. The van der Waals surface area contributed by atoms with Crippen LogP contribution < -0.4 is 21.5 Å². The molecule has 8 heteroatoms. The Bertz CT molecular complexity index is 567. The number of thiophene rings is 1. The summed E-state index contributed by atoms with van der Waals surface area (Å²) < 4.78 is 0. The van der Waals surface area contributed by atoms with E-state index in [1.807, 2.05) is 14.1 Å². The summed E-state index contributed by atoms with van der Waals surface area (Å²) in [4.78, 5) is 15.8. The van der Waals surface area contributed by atoms with Gasteiger partial charge in [0.15, 0.2) is 0 Å². The predicted molar refractivity (Wildman–Crippen MR) is 83.0 cm³/mol. The summed E-state index contributed by atoms with van der Waals surface area (Å²) in [5.74, 6) is 6.78. The van der Waals surface area contributed by atoms with Crippen LogP contribution in [0.4, 0.5) is 17.8 Å². The fourth-order valence-electron chi connectivity index (χ4n) is 1.70. The molecule has 0 aliphatic rings. The van der Waals surface area contributed by atoms with E-state index in [9.17, 15) is 0 Å². The molecule has 0 bridgehead atoms. The Morgan fingerprint density at radius 1 is 1.25 bits per heavy atom. The molecule has 0 aromatic carbocycles. The number of hydrogen-bond donors (Lipinski definition) is 3. The van der Waals surface area contributed by atoms with Gasteiger partial charge in [-0.05, 0) is 23.4 Å². The number of nitrogens with one attached hydrogen (secondary N) is 2. The molecule has 108 valence electrons. The first-order valence-electron chi connectivity index (χ1n) is 6.33. The molecule has 0 radical (unpaired) electrons. The number of aryl methyl sites for hydroxylation is 1. The van der Waals surface area contributed by atoms with E-state index in [0.29, 0.717) is 24.4 Å². The molecule has 0 amide bonds. The molecule has 0 saturated heterocycles. The maximum atomic E-state index is 5.38. The lowest BCUT2D eigenvalue weighted by atomic mass is 10.2. The van der Waals surface area contributed by atoms with Crippen LogP contribution in [0.15, 0.2) is 11.4 Å². The standard InChI is InChI=1S/C12H19N7S/c1-4-8-5-6-20-9(8)7-14-10-15-11(18-13)17-12(16-10)19(2)3/h5-6H,4,7,13H2,1-3H3,(H2,14,15,16,17,18). The highest BCUT2D eigenvalue weighted by Gasteiger charge is 2.08. The molecule has 0 spiro atoms. The lowest BCUT2D eigenvalue weighted by molar-refractivity contribution is 0.939.